The fraction of sp³-hybridized carbons (Fsp3) is 0.812. The number of nitrogens with zero attached hydrogens (tertiary/aromatic N) is 3. The van der Waals surface area contributed by atoms with Gasteiger partial charge in [0.15, 0.2) is 0 Å². The summed E-state index contributed by atoms with van der Waals surface area (Å²) >= 11 is 1.84. The number of hydrogen-bond donors (Lipinski definition) is 0. The van der Waals surface area contributed by atoms with Gasteiger partial charge in [-0.3, -0.25) is 9.80 Å². The molecule has 118 valence electrons. The van der Waals surface area contributed by atoms with E-state index in [0.717, 1.165) is 19.6 Å². The molecule has 1 aromatic heterocycles. The van der Waals surface area contributed by atoms with Crippen LogP contribution in [0, 0.1) is 6.92 Å². The Hall–Kier alpha value is -0.490. The Bertz CT molecular complexity index is 454. The molecule has 0 bridgehead atoms. The summed E-state index contributed by atoms with van der Waals surface area (Å²) in [7, 11) is 0. The van der Waals surface area contributed by atoms with Crippen molar-refractivity contribution in [2.75, 3.05) is 26.2 Å². The Morgan fingerprint density at radius 1 is 1.33 bits per heavy atom. The van der Waals surface area contributed by atoms with Gasteiger partial charge in [-0.05, 0) is 40.2 Å². The molecule has 21 heavy (non-hydrogen) atoms. The fourth-order valence-corrected chi connectivity index (χ4v) is 4.54. The van der Waals surface area contributed by atoms with Crippen LogP contribution in [0.1, 0.15) is 36.6 Å². The zero-order valence-corrected chi connectivity index (χ0v) is 14.2. The highest BCUT2D eigenvalue weighted by atomic mass is 32.1. The van der Waals surface area contributed by atoms with Gasteiger partial charge in [-0.25, -0.2) is 4.98 Å². The molecule has 0 spiro atoms. The highest BCUT2D eigenvalue weighted by Crippen LogP contribution is 2.24. The monoisotopic (exact) mass is 309 g/mol. The Balaban J connectivity index is 1.56. The molecule has 4 nitrogen and oxygen atoms in total. The van der Waals surface area contributed by atoms with Crippen LogP contribution in [0.5, 0.6) is 0 Å². The third-order valence-electron chi connectivity index (χ3n) is 4.49. The maximum atomic E-state index is 5.84. The lowest BCUT2D eigenvalue weighted by Gasteiger charge is -2.38. The number of likely N-dealkylation sites (tertiary alicyclic amines) is 1. The summed E-state index contributed by atoms with van der Waals surface area (Å²) < 4.78 is 5.84. The molecule has 3 atom stereocenters. The number of morpholine rings is 1. The van der Waals surface area contributed by atoms with Crippen molar-refractivity contribution in [1.29, 1.82) is 0 Å². The third kappa shape index (κ3) is 4.03. The predicted octanol–water partition coefficient (Wildman–Crippen LogP) is 2.53. The molecule has 0 aliphatic carbocycles. The van der Waals surface area contributed by atoms with Crippen LogP contribution in [-0.4, -0.2) is 59.2 Å². The van der Waals surface area contributed by atoms with E-state index >= 15 is 0 Å². The molecule has 0 radical (unpaired) electrons. The molecule has 0 amide bonds. The summed E-state index contributed by atoms with van der Waals surface area (Å²) in [6.45, 7) is 12.1. The van der Waals surface area contributed by atoms with Crippen molar-refractivity contribution in [1.82, 2.24) is 14.8 Å². The quantitative estimate of drug-likeness (QED) is 0.854. The number of rotatable bonds is 4. The van der Waals surface area contributed by atoms with E-state index in [1.165, 1.54) is 35.8 Å². The van der Waals surface area contributed by atoms with Crippen LogP contribution < -0.4 is 0 Å². The first kappa shape index (κ1) is 15.4. The van der Waals surface area contributed by atoms with E-state index in [4.69, 9.17) is 4.74 Å². The van der Waals surface area contributed by atoms with Gasteiger partial charge in [-0.1, -0.05) is 0 Å². The van der Waals surface area contributed by atoms with Gasteiger partial charge in [0.2, 0.25) is 0 Å². The number of aryl methyl sites for hydroxylation is 1. The lowest BCUT2D eigenvalue weighted by atomic mass is 10.1. The van der Waals surface area contributed by atoms with Gasteiger partial charge in [0.25, 0.3) is 0 Å². The zero-order valence-electron chi connectivity index (χ0n) is 13.4. The molecule has 2 fully saturated rings. The van der Waals surface area contributed by atoms with Crippen LogP contribution >= 0.6 is 11.3 Å². The molecule has 2 aliphatic rings. The minimum Gasteiger partial charge on any atom is -0.373 e. The first-order valence-electron chi connectivity index (χ1n) is 8.13. The van der Waals surface area contributed by atoms with Crippen molar-refractivity contribution in [3.63, 3.8) is 0 Å². The van der Waals surface area contributed by atoms with E-state index in [2.05, 4.69) is 35.6 Å². The largest absolute Gasteiger partial charge is 0.373 e. The number of hydrogen-bond acceptors (Lipinski definition) is 5. The van der Waals surface area contributed by atoms with E-state index in [0.29, 0.717) is 18.2 Å². The van der Waals surface area contributed by atoms with E-state index in [1.54, 1.807) is 0 Å². The summed E-state index contributed by atoms with van der Waals surface area (Å²) in [5, 5.41) is 1.18. The molecule has 0 N–H and O–H groups in total. The van der Waals surface area contributed by atoms with E-state index in [-0.39, 0.29) is 0 Å². The smallest absolute Gasteiger partial charge is 0.0897 e. The van der Waals surface area contributed by atoms with Crippen LogP contribution in [0.2, 0.25) is 0 Å². The first-order valence-corrected chi connectivity index (χ1v) is 8.95. The molecular formula is C16H27N3OS. The Morgan fingerprint density at radius 3 is 2.76 bits per heavy atom. The summed E-state index contributed by atoms with van der Waals surface area (Å²) in [5.41, 5.74) is 0. The number of aromatic nitrogens is 1. The summed E-state index contributed by atoms with van der Waals surface area (Å²) in [4.78, 5) is 11.0. The third-order valence-corrected chi connectivity index (χ3v) is 5.39. The standard InChI is InChI=1S/C16H27N3OS/c1-12-8-18(9-13(2)20-12)10-15-5-4-6-19(15)11-16-7-17-14(3)21-16/h7,12-13,15H,4-6,8-11H2,1-3H3/t12-,13-,15+/m0/s1. The van der Waals surface area contributed by atoms with Gasteiger partial charge < -0.3 is 4.74 Å². The highest BCUT2D eigenvalue weighted by Gasteiger charge is 2.30. The molecule has 0 aromatic carbocycles. The van der Waals surface area contributed by atoms with Crippen LogP contribution in [-0.2, 0) is 11.3 Å². The van der Waals surface area contributed by atoms with E-state index in [1.807, 2.05) is 17.5 Å². The summed E-state index contributed by atoms with van der Waals surface area (Å²) in [6.07, 6.45) is 5.45. The molecular weight excluding hydrogens is 282 g/mol. The lowest BCUT2D eigenvalue weighted by Crippen LogP contribution is -2.49. The van der Waals surface area contributed by atoms with Crippen LogP contribution in [0.15, 0.2) is 6.20 Å². The lowest BCUT2D eigenvalue weighted by molar-refractivity contribution is -0.0724. The average molecular weight is 309 g/mol. The van der Waals surface area contributed by atoms with Crippen molar-refractivity contribution >= 4 is 11.3 Å². The predicted molar refractivity (Wildman–Crippen MR) is 86.7 cm³/mol. The molecule has 2 aliphatic heterocycles. The molecule has 3 heterocycles. The van der Waals surface area contributed by atoms with Crippen LogP contribution in [0.3, 0.4) is 0 Å². The fourth-order valence-electron chi connectivity index (χ4n) is 3.72. The van der Waals surface area contributed by atoms with Gasteiger partial charge in [0.1, 0.15) is 0 Å². The maximum absolute atomic E-state index is 5.84. The van der Waals surface area contributed by atoms with Gasteiger partial charge in [0, 0.05) is 43.3 Å². The normalized spacial score (nSPS) is 31.9. The minimum atomic E-state index is 0.368. The van der Waals surface area contributed by atoms with Gasteiger partial charge >= 0.3 is 0 Å². The highest BCUT2D eigenvalue weighted by molar-refractivity contribution is 7.11. The number of thiazole rings is 1. The van der Waals surface area contributed by atoms with Gasteiger partial charge in [-0.15, -0.1) is 11.3 Å². The second-order valence-electron chi connectivity index (χ2n) is 6.59. The van der Waals surface area contributed by atoms with Crippen molar-refractivity contribution in [3.8, 4) is 0 Å². The molecule has 3 rings (SSSR count). The molecule has 1 aromatic rings. The SMILES string of the molecule is Cc1ncc(CN2CCC[C@@H]2CN2C[C@H](C)O[C@@H](C)C2)s1. The van der Waals surface area contributed by atoms with E-state index in [9.17, 15) is 0 Å². The van der Waals surface area contributed by atoms with E-state index < -0.39 is 0 Å². The second kappa shape index (κ2) is 6.73. The number of ether oxygens (including phenoxy) is 1. The minimum absolute atomic E-state index is 0.368. The Kier molecular flexibility index (Phi) is 4.94. The van der Waals surface area contributed by atoms with Gasteiger partial charge in [0.05, 0.1) is 17.2 Å². The molecule has 2 saturated heterocycles. The van der Waals surface area contributed by atoms with Gasteiger partial charge in [-0.2, -0.15) is 0 Å². The van der Waals surface area contributed by atoms with Crippen molar-refractivity contribution in [2.24, 2.45) is 0 Å². The Labute approximate surface area is 132 Å². The molecule has 0 saturated carbocycles. The zero-order chi connectivity index (χ0) is 14.8. The Morgan fingerprint density at radius 2 is 2.10 bits per heavy atom. The molecule has 5 heteroatoms. The van der Waals surface area contributed by atoms with Crippen molar-refractivity contribution in [3.05, 3.63) is 16.1 Å². The maximum Gasteiger partial charge on any atom is 0.0897 e. The average Bonchev–Trinajstić information content (AvgIpc) is 2.99. The topological polar surface area (TPSA) is 28.6 Å². The van der Waals surface area contributed by atoms with Crippen molar-refractivity contribution < 1.29 is 4.74 Å². The summed E-state index contributed by atoms with van der Waals surface area (Å²) in [6, 6.07) is 0.699. The molecule has 0 unspecified atom stereocenters. The van der Waals surface area contributed by atoms with Crippen molar-refractivity contribution in [2.45, 2.75) is 58.4 Å². The summed E-state index contributed by atoms with van der Waals surface area (Å²) in [5.74, 6) is 0. The van der Waals surface area contributed by atoms with Crippen LogP contribution in [0.4, 0.5) is 0 Å². The van der Waals surface area contributed by atoms with Crippen LogP contribution in [0.25, 0.3) is 0 Å². The second-order valence-corrected chi connectivity index (χ2v) is 7.91. The first-order chi connectivity index (χ1) is 10.1.